The molecule has 288 valence electrons. The second kappa shape index (κ2) is 17.9. The molecule has 0 saturated heterocycles. The summed E-state index contributed by atoms with van der Waals surface area (Å²) in [6, 6.07) is 49.0. The quantitative estimate of drug-likeness (QED) is 0.101. The Morgan fingerprint density at radius 2 is 0.964 bits per heavy atom. The molecule has 0 fully saturated rings. The summed E-state index contributed by atoms with van der Waals surface area (Å²) in [5.41, 5.74) is 20.6. The van der Waals surface area contributed by atoms with Gasteiger partial charge in [-0.05, 0) is 136 Å². The van der Waals surface area contributed by atoms with Crippen LogP contribution < -0.4 is 4.90 Å². The van der Waals surface area contributed by atoms with Gasteiger partial charge in [0.15, 0.2) is 0 Å². The van der Waals surface area contributed by atoms with Crippen molar-refractivity contribution in [3.05, 3.63) is 155 Å². The number of benzene rings is 6. The van der Waals surface area contributed by atoms with Gasteiger partial charge < -0.3 is 4.90 Å². The number of aryl methyl sites for hydroxylation is 3. The van der Waals surface area contributed by atoms with Crippen LogP contribution in [0.3, 0.4) is 0 Å². The third-order valence-electron chi connectivity index (χ3n) is 12.4. The Balaban J connectivity index is 0.00000155. The molecule has 56 heavy (non-hydrogen) atoms. The Morgan fingerprint density at radius 3 is 1.54 bits per heavy atom. The van der Waals surface area contributed by atoms with Crippen LogP contribution in [0.2, 0.25) is 0 Å². The largest absolute Gasteiger partial charge is 0.345 e. The minimum Gasteiger partial charge on any atom is -0.345 e. The summed E-state index contributed by atoms with van der Waals surface area (Å²) in [6.45, 7) is 11.1. The molecule has 0 bridgehead atoms. The Labute approximate surface area is 338 Å². The van der Waals surface area contributed by atoms with Crippen molar-refractivity contribution in [1.82, 2.24) is 0 Å². The minimum absolute atomic E-state index is 0.0369. The van der Waals surface area contributed by atoms with E-state index in [1.54, 1.807) is 11.1 Å². The summed E-state index contributed by atoms with van der Waals surface area (Å²) in [6.07, 6.45) is 15.0. The first-order chi connectivity index (χ1) is 27.4. The molecule has 6 aromatic rings. The predicted molar refractivity (Wildman–Crippen MR) is 244 cm³/mol. The van der Waals surface area contributed by atoms with Crippen molar-refractivity contribution in [2.45, 2.75) is 117 Å². The minimum atomic E-state index is 0.0369. The maximum absolute atomic E-state index is 2.57. The molecular weight excluding hydrogens is 675 g/mol. The van der Waals surface area contributed by atoms with Crippen molar-refractivity contribution >= 4 is 11.4 Å². The van der Waals surface area contributed by atoms with Gasteiger partial charge in [-0.3, -0.25) is 0 Å². The van der Waals surface area contributed by atoms with E-state index >= 15 is 0 Å². The van der Waals surface area contributed by atoms with Crippen LogP contribution >= 0.6 is 0 Å². The molecule has 0 N–H and O–H groups in total. The summed E-state index contributed by atoms with van der Waals surface area (Å²) in [4.78, 5) is 2.31. The van der Waals surface area contributed by atoms with Crippen molar-refractivity contribution in [2.75, 3.05) is 11.9 Å². The Morgan fingerprint density at radius 1 is 0.464 bits per heavy atom. The number of nitrogens with zero attached hydrogens (tertiary/aromatic N) is 1. The van der Waals surface area contributed by atoms with Gasteiger partial charge in [0.05, 0.1) is 0 Å². The molecule has 0 spiro atoms. The highest BCUT2D eigenvalue weighted by atomic mass is 15.1. The molecule has 0 radical (unpaired) electrons. The summed E-state index contributed by atoms with van der Waals surface area (Å²) < 4.78 is 0. The van der Waals surface area contributed by atoms with Crippen LogP contribution in [-0.2, 0) is 18.3 Å². The van der Waals surface area contributed by atoms with Gasteiger partial charge in [0, 0.05) is 23.8 Å². The fourth-order valence-corrected chi connectivity index (χ4v) is 9.09. The van der Waals surface area contributed by atoms with Gasteiger partial charge in [-0.2, -0.15) is 0 Å². The van der Waals surface area contributed by atoms with Crippen LogP contribution in [0.15, 0.2) is 127 Å². The Kier molecular flexibility index (Phi) is 12.6. The zero-order valence-corrected chi connectivity index (χ0v) is 35.1. The first-order valence-electron chi connectivity index (χ1n) is 21.8. The number of anilines is 2. The van der Waals surface area contributed by atoms with Crippen molar-refractivity contribution < 1.29 is 0 Å². The maximum atomic E-state index is 2.57. The molecule has 6 aromatic carbocycles. The van der Waals surface area contributed by atoms with Crippen LogP contribution in [-0.4, -0.2) is 7.05 Å². The summed E-state index contributed by atoms with van der Waals surface area (Å²) >= 11 is 0. The van der Waals surface area contributed by atoms with Crippen molar-refractivity contribution in [3.63, 3.8) is 0 Å². The number of fused-ring (bicyclic) bond motifs is 4. The average molecular weight is 738 g/mol. The van der Waals surface area contributed by atoms with Crippen LogP contribution in [0.5, 0.6) is 0 Å². The predicted octanol–water partition coefficient (Wildman–Crippen LogP) is 16.1. The van der Waals surface area contributed by atoms with Crippen LogP contribution in [0.4, 0.5) is 11.4 Å². The fraction of sp³-hybridized carbons (Fsp3) is 0.345. The molecule has 1 atom stereocenters. The monoisotopic (exact) mass is 737 g/mol. The second-order valence-corrected chi connectivity index (χ2v) is 16.6. The molecule has 0 aliphatic heterocycles. The first-order valence-corrected chi connectivity index (χ1v) is 21.8. The van der Waals surface area contributed by atoms with Gasteiger partial charge >= 0.3 is 0 Å². The highest BCUT2D eigenvalue weighted by molar-refractivity contribution is 5.86. The molecular formula is C55H63N. The molecule has 2 aliphatic rings. The van der Waals surface area contributed by atoms with E-state index in [0.29, 0.717) is 0 Å². The molecule has 0 saturated carbocycles. The molecule has 8 rings (SSSR count). The summed E-state index contributed by atoms with van der Waals surface area (Å²) in [5, 5.41) is 0. The topological polar surface area (TPSA) is 3.24 Å². The summed E-state index contributed by atoms with van der Waals surface area (Å²) in [5.74, 6) is 0. The zero-order chi connectivity index (χ0) is 39.1. The van der Waals surface area contributed by atoms with Crippen molar-refractivity contribution in [1.29, 1.82) is 0 Å². The van der Waals surface area contributed by atoms with E-state index in [1.807, 2.05) is 0 Å². The highest BCUT2D eigenvalue weighted by Crippen LogP contribution is 2.56. The molecule has 1 nitrogen and oxygen atoms in total. The van der Waals surface area contributed by atoms with Crippen molar-refractivity contribution in [3.8, 4) is 44.5 Å². The van der Waals surface area contributed by atoms with Crippen LogP contribution in [0, 0.1) is 6.92 Å². The third kappa shape index (κ3) is 8.15. The number of unbranched alkanes of at least 4 members (excludes halogenated alkanes) is 5. The summed E-state index contributed by atoms with van der Waals surface area (Å²) in [7, 11) is 2.19. The van der Waals surface area contributed by atoms with E-state index in [4.69, 9.17) is 0 Å². The lowest BCUT2D eigenvalue weighted by Crippen LogP contribution is -2.25. The first kappa shape index (κ1) is 39.4. The second-order valence-electron chi connectivity index (χ2n) is 16.6. The number of rotatable bonds is 14. The average Bonchev–Trinajstić information content (AvgIpc) is 3.48. The van der Waals surface area contributed by atoms with E-state index in [1.165, 1.54) is 150 Å². The van der Waals surface area contributed by atoms with Gasteiger partial charge in [0.1, 0.15) is 0 Å². The van der Waals surface area contributed by atoms with Gasteiger partial charge in [0.2, 0.25) is 0 Å². The van der Waals surface area contributed by atoms with E-state index in [0.717, 1.165) is 0 Å². The van der Waals surface area contributed by atoms with Crippen molar-refractivity contribution in [2.24, 2.45) is 0 Å². The maximum Gasteiger partial charge on any atom is 0.0414 e. The third-order valence-corrected chi connectivity index (χ3v) is 12.4. The standard InChI is InChI=1S/C52H55N.C3H8/c1-5-7-9-11-32-52(31-10-8-6-2)50-35-44(38-17-15-37(3)16-18-38)25-29-48(50)49-30-26-45(36-51(49)52)40-23-27-46(28-24-40)53(4)47-14-12-13-41(34-47)43-22-20-39-19-21-42(39)33-43;1-3-2/h12-18,20,22-30,33-36H,5-11,19,21,31-32H2,1-4H3;3H2,1-2H3. The molecule has 1 heteroatoms. The van der Waals surface area contributed by atoms with E-state index in [-0.39, 0.29) is 5.41 Å². The SMILES string of the molecule is CCC.CCCCCCC1(CCCCC)c2cc(-c3ccc(C)cc3)ccc2-c2ccc(-c3ccc(N(C)c4cccc(-c5ccc6c(c5)CC6)c4)cc3)cc21. The van der Waals surface area contributed by atoms with E-state index in [2.05, 4.69) is 174 Å². The van der Waals surface area contributed by atoms with Gasteiger partial charge in [-0.25, -0.2) is 0 Å². The lowest BCUT2D eigenvalue weighted by atomic mass is 9.70. The van der Waals surface area contributed by atoms with Crippen LogP contribution in [0.25, 0.3) is 44.5 Å². The molecule has 0 heterocycles. The van der Waals surface area contributed by atoms with Gasteiger partial charge in [0.25, 0.3) is 0 Å². The highest BCUT2D eigenvalue weighted by Gasteiger charge is 2.42. The van der Waals surface area contributed by atoms with Gasteiger partial charge in [-0.15, -0.1) is 0 Å². The Hall–Kier alpha value is -4.88. The smallest absolute Gasteiger partial charge is 0.0414 e. The lowest BCUT2D eigenvalue weighted by molar-refractivity contribution is 0.403. The van der Waals surface area contributed by atoms with E-state index in [9.17, 15) is 0 Å². The van der Waals surface area contributed by atoms with E-state index < -0.39 is 0 Å². The number of hydrogen-bond donors (Lipinski definition) is 0. The lowest BCUT2D eigenvalue weighted by Gasteiger charge is -2.33. The Bertz CT molecular complexity index is 2220. The van der Waals surface area contributed by atoms with Crippen LogP contribution in [0.1, 0.15) is 120 Å². The zero-order valence-electron chi connectivity index (χ0n) is 35.1. The van der Waals surface area contributed by atoms with Gasteiger partial charge in [-0.1, -0.05) is 176 Å². The normalized spacial score (nSPS) is 14.9. The molecule has 1 unspecified atom stereocenters. The molecule has 2 aliphatic carbocycles. The molecule has 0 amide bonds. The molecule has 0 aromatic heterocycles. The fourth-order valence-electron chi connectivity index (χ4n) is 9.09. The number of hydrogen-bond acceptors (Lipinski definition) is 1.